The van der Waals surface area contributed by atoms with Gasteiger partial charge in [-0.25, -0.2) is 43.6 Å². The van der Waals surface area contributed by atoms with Crippen LogP contribution >= 0.6 is 15.6 Å². The van der Waals surface area contributed by atoms with Crippen LogP contribution in [0.25, 0.3) is 22.3 Å². The summed E-state index contributed by atoms with van der Waals surface area (Å²) in [5, 5.41) is 40.1. The quantitative estimate of drug-likeness (QED) is 0.0407. The fourth-order valence-corrected chi connectivity index (χ4v) is 10.5. The molecule has 4 aliphatic heterocycles. The van der Waals surface area contributed by atoms with Gasteiger partial charge < -0.3 is 71.3 Å². The van der Waals surface area contributed by atoms with Crippen molar-refractivity contribution in [3.8, 4) is 0 Å². The number of ether oxygens (including phenoxy) is 4. The summed E-state index contributed by atoms with van der Waals surface area (Å²) in [4.78, 5) is 104. The van der Waals surface area contributed by atoms with E-state index in [1.54, 1.807) is 6.92 Å². The molecule has 0 amide bonds. The molecule has 0 bridgehead atoms. The Balaban J connectivity index is 0.000000186. The average molecular weight is 1110 g/mol. The number of aliphatic hydroxyl groups excluding tert-OH is 4. The third kappa shape index (κ3) is 11.8. The zero-order valence-corrected chi connectivity index (χ0v) is 41.1. The van der Waals surface area contributed by atoms with Crippen LogP contribution in [0.4, 0.5) is 17.8 Å². The van der Waals surface area contributed by atoms with Gasteiger partial charge in [-0.15, -0.1) is 0 Å². The number of phosphoric acid groups is 2. The fourth-order valence-electron chi connectivity index (χ4n) is 8.61. The van der Waals surface area contributed by atoms with Gasteiger partial charge in [0.2, 0.25) is 17.8 Å². The Hall–Kier alpha value is -6.38. The number of nitrogens with one attached hydrogen (secondary N) is 2. The number of hydrogen-bond donors (Lipinski definition) is 11. The van der Waals surface area contributed by atoms with Crippen molar-refractivity contribution in [1.29, 1.82) is 0 Å². The molecular weight excluding hydrogens is 1060 g/mol. The first kappa shape index (κ1) is 54.4. The van der Waals surface area contributed by atoms with Crippen LogP contribution in [-0.2, 0) is 46.2 Å². The lowest BCUT2D eigenvalue weighted by atomic mass is 10.2. The monoisotopic (exact) mass is 1110 g/mol. The number of imidazole rings is 2. The number of H-pyrrole nitrogens is 2. The number of phosphoric ester groups is 2. The van der Waals surface area contributed by atoms with Crippen molar-refractivity contribution in [2.24, 2.45) is 0 Å². The lowest BCUT2D eigenvalue weighted by Gasteiger charge is -2.21. The maximum atomic E-state index is 12.7. The van der Waals surface area contributed by atoms with Gasteiger partial charge in [-0.3, -0.25) is 50.9 Å². The second-order valence-electron chi connectivity index (χ2n) is 17.3. The van der Waals surface area contributed by atoms with Gasteiger partial charge in [0.15, 0.2) is 22.3 Å². The minimum atomic E-state index is -4.76. The highest BCUT2D eigenvalue weighted by molar-refractivity contribution is 7.47. The molecule has 14 atom stereocenters. The summed E-state index contributed by atoms with van der Waals surface area (Å²) in [6.07, 6.45) is -7.46. The normalized spacial score (nSPS) is 29.1. The predicted octanol–water partition coefficient (Wildman–Crippen LogP) is -4.54. The van der Waals surface area contributed by atoms with Crippen LogP contribution in [0.3, 0.4) is 0 Å². The van der Waals surface area contributed by atoms with Crippen LogP contribution < -0.4 is 39.7 Å². The molecule has 0 aromatic carbocycles. The fraction of sp³-hybridized carbons (Fsp3) is 0.568. The SMILES string of the molecule is Cc1nc2c(ncn2[C@H]2CC(OP(=O)(O)OC[C@H]3O[C@@H](n4cnc(N)nc4=O)CC3O)[C@@H](CO)O2)c(=O)[nH]1.Nc1ncn([C@H]2CC(OP(=O)(O)OC[C@H]3O[C@@H](n4cnc5c(=O)[nH]c(N)nc54)CC3O)[C@@H](CO)O2)c(=O)n1. The van der Waals surface area contributed by atoms with E-state index in [-0.39, 0.29) is 65.9 Å². The first-order valence-corrected chi connectivity index (χ1v) is 25.7. The minimum Gasteiger partial charge on any atom is -0.394 e. The highest BCUT2D eigenvalue weighted by atomic mass is 31.2. The summed E-state index contributed by atoms with van der Waals surface area (Å²) < 4.78 is 73.5. The minimum absolute atomic E-state index is 0.00278. The smallest absolute Gasteiger partial charge is 0.394 e. The molecule has 0 aliphatic carbocycles. The van der Waals surface area contributed by atoms with Gasteiger partial charge in [-0.2, -0.15) is 15.0 Å². The molecule has 37 nitrogen and oxygen atoms in total. The summed E-state index contributed by atoms with van der Waals surface area (Å²) in [5.74, 6) is -0.231. The standard InChI is InChI=1S/C19H25N8O10P.C18H24N9O10P/c1-8-23-16-15(17(30)24-8)21-6-26(16)14-3-10(11(4-28)35-14)37-38(32,33)34-5-12-9(29)2-13(36-12)27-7-22-18(20)25-19(27)31;19-16-22-6-27(18(31)25-16)12-2-8(9(3-28)35-12)37-38(32,33)34-4-10-7(29)1-11(36-10)26-5-21-13-14(26)23-17(20)24-15(13)30/h6-7,9-14,28-29H,2-5H2,1H3,(H,32,33)(H2,20,25,31)(H,23,24,30);5-12,28-29H,1-4H2,(H,32,33)(H2,19,25,31)(H3,20,23,24,30)/t9?,10?,11-,12-,13-,14-;7?,8?,9-,10-,11-,12-/m11/s1. The number of nitrogens with two attached hydrogens (primary N) is 3. The molecule has 4 aliphatic rings. The van der Waals surface area contributed by atoms with Crippen molar-refractivity contribution < 1.29 is 76.4 Å². The van der Waals surface area contributed by atoms with Gasteiger partial charge in [0, 0.05) is 25.7 Å². The molecule has 10 heterocycles. The number of fused-ring (bicyclic) bond motifs is 2. The maximum Gasteiger partial charge on any atom is 0.472 e. The van der Waals surface area contributed by atoms with E-state index < -0.39 is 138 Å². The number of aryl methyl sites for hydroxylation is 1. The topological polar surface area (TPSA) is 530 Å². The molecule has 0 saturated carbocycles. The van der Waals surface area contributed by atoms with Crippen LogP contribution in [0.15, 0.2) is 44.5 Å². The molecule has 6 unspecified atom stereocenters. The number of anilines is 3. The lowest BCUT2D eigenvalue weighted by Crippen LogP contribution is -2.30. The van der Waals surface area contributed by atoms with Crippen LogP contribution in [0, 0.1) is 6.92 Å². The van der Waals surface area contributed by atoms with Gasteiger partial charge in [-0.05, 0) is 6.92 Å². The van der Waals surface area contributed by atoms with Crippen molar-refractivity contribution in [3.05, 3.63) is 72.8 Å². The number of aromatic nitrogens is 14. The Bertz CT molecular complexity index is 3430. The lowest BCUT2D eigenvalue weighted by molar-refractivity contribution is -0.0568. The summed E-state index contributed by atoms with van der Waals surface area (Å²) in [6.45, 7) is -0.608. The van der Waals surface area contributed by atoms with Gasteiger partial charge in [0.05, 0.1) is 51.3 Å². The highest BCUT2D eigenvalue weighted by Gasteiger charge is 2.45. The molecule has 4 fully saturated rings. The highest BCUT2D eigenvalue weighted by Crippen LogP contribution is 2.50. The van der Waals surface area contributed by atoms with Crippen LogP contribution in [0.1, 0.15) is 56.4 Å². The third-order valence-electron chi connectivity index (χ3n) is 12.2. The van der Waals surface area contributed by atoms with Crippen molar-refractivity contribution in [3.63, 3.8) is 0 Å². The number of aliphatic hydroxyl groups is 4. The van der Waals surface area contributed by atoms with Crippen molar-refractivity contribution >= 4 is 55.8 Å². The Kier molecular flexibility index (Phi) is 15.7. The number of rotatable bonds is 16. The number of aromatic amines is 2. The first-order valence-electron chi connectivity index (χ1n) is 22.7. The van der Waals surface area contributed by atoms with E-state index in [0.29, 0.717) is 5.82 Å². The van der Waals surface area contributed by atoms with Crippen molar-refractivity contribution in [2.45, 2.75) is 106 Å². The molecule has 6 aromatic rings. The molecular formula is C37H49N17O20P2. The van der Waals surface area contributed by atoms with Crippen LogP contribution in [0.2, 0.25) is 0 Å². The van der Waals surface area contributed by atoms with Gasteiger partial charge in [-0.1, -0.05) is 0 Å². The molecule has 10 rings (SSSR count). The summed E-state index contributed by atoms with van der Waals surface area (Å²) in [7, 11) is -9.49. The molecule has 4 saturated heterocycles. The van der Waals surface area contributed by atoms with Crippen LogP contribution in [0.5, 0.6) is 0 Å². The van der Waals surface area contributed by atoms with E-state index in [9.17, 15) is 58.5 Å². The Morgan fingerprint density at radius 2 is 0.987 bits per heavy atom. The number of nitrogens with zero attached hydrogens (tertiary/aromatic N) is 12. The Labute approximate surface area is 422 Å². The van der Waals surface area contributed by atoms with E-state index in [1.165, 1.54) is 21.8 Å². The average Bonchev–Trinajstić information content (AvgIpc) is 4.23. The zero-order chi connectivity index (χ0) is 54.4. The second-order valence-corrected chi connectivity index (χ2v) is 20.1. The molecule has 0 radical (unpaired) electrons. The van der Waals surface area contributed by atoms with E-state index in [2.05, 4.69) is 49.8 Å². The summed E-state index contributed by atoms with van der Waals surface area (Å²) >= 11 is 0. The molecule has 0 spiro atoms. The molecule has 412 valence electrons. The van der Waals surface area contributed by atoms with Crippen molar-refractivity contribution in [1.82, 2.24) is 68.1 Å². The Morgan fingerprint density at radius 3 is 1.45 bits per heavy atom. The number of nitrogen functional groups attached to an aromatic ring is 3. The van der Waals surface area contributed by atoms with E-state index in [0.717, 1.165) is 21.8 Å². The van der Waals surface area contributed by atoms with Gasteiger partial charge in [0.1, 0.15) is 80.0 Å². The molecule has 76 heavy (non-hydrogen) atoms. The predicted molar refractivity (Wildman–Crippen MR) is 248 cm³/mol. The molecule has 39 heteroatoms. The van der Waals surface area contributed by atoms with Crippen LogP contribution in [-0.4, -0.2) is 174 Å². The second kappa shape index (κ2) is 21.9. The van der Waals surface area contributed by atoms with E-state index >= 15 is 0 Å². The third-order valence-corrected chi connectivity index (χ3v) is 14.2. The largest absolute Gasteiger partial charge is 0.472 e. The Morgan fingerprint density at radius 1 is 0.592 bits per heavy atom. The van der Waals surface area contributed by atoms with Gasteiger partial charge in [0.25, 0.3) is 11.1 Å². The summed E-state index contributed by atoms with van der Waals surface area (Å²) in [6, 6.07) is 0. The van der Waals surface area contributed by atoms with Crippen molar-refractivity contribution in [2.75, 3.05) is 43.6 Å². The maximum absolute atomic E-state index is 12.7. The molecule has 6 aromatic heterocycles. The zero-order valence-electron chi connectivity index (χ0n) is 39.3. The van der Waals surface area contributed by atoms with Gasteiger partial charge >= 0.3 is 27.0 Å². The first-order chi connectivity index (χ1) is 36.1. The summed E-state index contributed by atoms with van der Waals surface area (Å²) in [5.41, 5.74) is 14.3. The van der Waals surface area contributed by atoms with E-state index in [4.69, 9.17) is 54.2 Å². The number of hydrogen-bond acceptors (Lipinski definition) is 29. The van der Waals surface area contributed by atoms with E-state index in [1.807, 2.05) is 0 Å². The molecule has 14 N–H and O–H groups in total.